The van der Waals surface area contributed by atoms with Crippen molar-refractivity contribution in [1.82, 2.24) is 14.8 Å². The van der Waals surface area contributed by atoms with Crippen LogP contribution in [0.15, 0.2) is 18.3 Å². The van der Waals surface area contributed by atoms with Gasteiger partial charge in [0, 0.05) is 52.0 Å². The van der Waals surface area contributed by atoms with Gasteiger partial charge in [0.25, 0.3) is 0 Å². The lowest BCUT2D eigenvalue weighted by atomic mass is 10.2. The van der Waals surface area contributed by atoms with Crippen LogP contribution >= 0.6 is 0 Å². The highest BCUT2D eigenvalue weighted by Gasteiger charge is 2.31. The van der Waals surface area contributed by atoms with Crippen molar-refractivity contribution in [2.75, 3.05) is 70.5 Å². The molecule has 2 aliphatic rings. The fourth-order valence-corrected chi connectivity index (χ4v) is 3.56. The van der Waals surface area contributed by atoms with E-state index >= 15 is 0 Å². The summed E-state index contributed by atoms with van der Waals surface area (Å²) in [5.41, 5.74) is -0.728. The molecule has 1 unspecified atom stereocenters. The monoisotopic (exact) mass is 388 g/mol. The van der Waals surface area contributed by atoms with Crippen LogP contribution in [0.2, 0.25) is 0 Å². The Hall–Kier alpha value is -1.42. The van der Waals surface area contributed by atoms with E-state index < -0.39 is 17.8 Å². The molecule has 27 heavy (non-hydrogen) atoms. The van der Waals surface area contributed by atoms with E-state index in [0.717, 1.165) is 51.4 Å². The zero-order valence-electron chi connectivity index (χ0n) is 15.4. The van der Waals surface area contributed by atoms with Crippen LogP contribution in [-0.4, -0.2) is 91.6 Å². The van der Waals surface area contributed by atoms with Crippen molar-refractivity contribution in [3.63, 3.8) is 0 Å². The molecule has 1 atom stereocenters. The third kappa shape index (κ3) is 6.03. The number of aromatic nitrogens is 1. The predicted molar refractivity (Wildman–Crippen MR) is 95.8 cm³/mol. The maximum Gasteiger partial charge on any atom is 0.417 e. The van der Waals surface area contributed by atoms with Crippen LogP contribution in [0.5, 0.6) is 0 Å². The molecule has 0 radical (unpaired) electrons. The van der Waals surface area contributed by atoms with Crippen LogP contribution in [0.1, 0.15) is 12.0 Å². The number of alkyl halides is 3. The quantitative estimate of drug-likeness (QED) is 0.821. The number of β-amino-alcohol motifs (C(OH)–C–C–N with tert-alkyl or cyclic N) is 1. The minimum atomic E-state index is -4.36. The minimum absolute atomic E-state index is 0.418. The molecule has 3 heterocycles. The highest BCUT2D eigenvalue weighted by molar-refractivity contribution is 5.40. The number of morpholine rings is 1. The van der Waals surface area contributed by atoms with Gasteiger partial charge in [-0.3, -0.25) is 9.80 Å². The van der Waals surface area contributed by atoms with Gasteiger partial charge in [0.15, 0.2) is 0 Å². The summed E-state index contributed by atoms with van der Waals surface area (Å²) in [4.78, 5) is 10.4. The first-order valence-corrected chi connectivity index (χ1v) is 9.40. The van der Waals surface area contributed by atoms with E-state index in [1.165, 1.54) is 6.07 Å². The first kappa shape index (κ1) is 20.3. The number of ether oxygens (including phenoxy) is 1. The van der Waals surface area contributed by atoms with Crippen molar-refractivity contribution in [2.24, 2.45) is 0 Å². The standard InChI is InChI=1S/C18H27F3N4O2/c19-18(20,21)15-2-3-17(22-12-15)25-5-1-4-23(6-7-25)13-16(26)14-24-8-10-27-11-9-24/h2-3,12,16,26H,1,4-11,13-14H2. The third-order valence-electron chi connectivity index (χ3n) is 5.03. The first-order valence-electron chi connectivity index (χ1n) is 9.40. The van der Waals surface area contributed by atoms with Gasteiger partial charge in [0.05, 0.1) is 24.9 Å². The molecule has 0 aromatic carbocycles. The van der Waals surface area contributed by atoms with Gasteiger partial charge in [0.1, 0.15) is 5.82 Å². The first-order chi connectivity index (χ1) is 12.9. The van der Waals surface area contributed by atoms with Crippen molar-refractivity contribution in [1.29, 1.82) is 0 Å². The van der Waals surface area contributed by atoms with Crippen LogP contribution in [-0.2, 0) is 10.9 Å². The number of aliphatic hydroxyl groups excluding tert-OH is 1. The van der Waals surface area contributed by atoms with E-state index in [1.807, 2.05) is 4.90 Å². The van der Waals surface area contributed by atoms with Gasteiger partial charge >= 0.3 is 6.18 Å². The van der Waals surface area contributed by atoms with Crippen LogP contribution in [0.25, 0.3) is 0 Å². The topological polar surface area (TPSA) is 52.1 Å². The van der Waals surface area contributed by atoms with Crippen molar-refractivity contribution in [2.45, 2.75) is 18.7 Å². The number of anilines is 1. The molecule has 3 rings (SSSR count). The number of nitrogens with zero attached hydrogens (tertiary/aromatic N) is 4. The van der Waals surface area contributed by atoms with Gasteiger partial charge in [-0.25, -0.2) is 4.98 Å². The van der Waals surface area contributed by atoms with Crippen molar-refractivity contribution >= 4 is 5.82 Å². The summed E-state index contributed by atoms with van der Waals surface area (Å²) < 4.78 is 43.3. The molecule has 6 nitrogen and oxygen atoms in total. The Kier molecular flexibility index (Phi) is 6.91. The molecular formula is C18H27F3N4O2. The van der Waals surface area contributed by atoms with Crippen LogP contribution in [0, 0.1) is 0 Å². The molecule has 0 spiro atoms. The Balaban J connectivity index is 1.48. The summed E-state index contributed by atoms with van der Waals surface area (Å²) in [5.74, 6) is 0.568. The van der Waals surface area contributed by atoms with Crippen molar-refractivity contribution in [3.8, 4) is 0 Å². The SMILES string of the molecule is OC(CN1CCOCC1)CN1CCCN(c2ccc(C(F)(F)F)cn2)CC1. The molecular weight excluding hydrogens is 361 g/mol. The van der Waals surface area contributed by atoms with Gasteiger partial charge < -0.3 is 14.7 Å². The molecule has 1 aromatic rings. The highest BCUT2D eigenvalue weighted by Crippen LogP contribution is 2.29. The maximum atomic E-state index is 12.7. The number of aliphatic hydroxyl groups is 1. The zero-order valence-corrected chi connectivity index (χ0v) is 15.4. The smallest absolute Gasteiger partial charge is 0.390 e. The fourth-order valence-electron chi connectivity index (χ4n) is 3.56. The number of rotatable bonds is 5. The Morgan fingerprint density at radius 1 is 1.00 bits per heavy atom. The number of hydrogen-bond donors (Lipinski definition) is 1. The second-order valence-electron chi connectivity index (χ2n) is 7.11. The Labute approximate surface area is 157 Å². The lowest BCUT2D eigenvalue weighted by Crippen LogP contribution is -2.45. The largest absolute Gasteiger partial charge is 0.417 e. The maximum absolute atomic E-state index is 12.7. The van der Waals surface area contributed by atoms with Crippen molar-refractivity contribution in [3.05, 3.63) is 23.9 Å². The molecule has 2 aliphatic heterocycles. The van der Waals surface area contributed by atoms with Gasteiger partial charge in [-0.1, -0.05) is 0 Å². The summed E-state index contributed by atoms with van der Waals surface area (Å²) in [6, 6.07) is 2.52. The minimum Gasteiger partial charge on any atom is -0.390 e. The molecule has 152 valence electrons. The Bertz CT molecular complexity index is 579. The summed E-state index contributed by atoms with van der Waals surface area (Å²) in [5, 5.41) is 10.4. The van der Waals surface area contributed by atoms with Gasteiger partial charge in [-0.2, -0.15) is 13.2 Å². The predicted octanol–water partition coefficient (Wildman–Crippen LogP) is 1.31. The molecule has 1 aromatic heterocycles. The van der Waals surface area contributed by atoms with Gasteiger partial charge in [-0.05, 0) is 25.1 Å². The lowest BCUT2D eigenvalue weighted by molar-refractivity contribution is -0.137. The molecule has 0 saturated carbocycles. The van der Waals surface area contributed by atoms with E-state index in [2.05, 4.69) is 14.8 Å². The van der Waals surface area contributed by atoms with Crippen LogP contribution in [0.3, 0.4) is 0 Å². The molecule has 9 heteroatoms. The molecule has 0 amide bonds. The summed E-state index contributed by atoms with van der Waals surface area (Å²) in [7, 11) is 0. The average molecular weight is 388 g/mol. The van der Waals surface area contributed by atoms with E-state index in [9.17, 15) is 18.3 Å². The van der Waals surface area contributed by atoms with Gasteiger partial charge in [0.2, 0.25) is 0 Å². The zero-order chi connectivity index (χ0) is 19.3. The molecule has 1 N–H and O–H groups in total. The molecule has 0 bridgehead atoms. The highest BCUT2D eigenvalue weighted by atomic mass is 19.4. The molecule has 2 fully saturated rings. The summed E-state index contributed by atoms with van der Waals surface area (Å²) >= 11 is 0. The van der Waals surface area contributed by atoms with E-state index in [0.29, 0.717) is 38.7 Å². The third-order valence-corrected chi connectivity index (χ3v) is 5.03. The summed E-state index contributed by atoms with van der Waals surface area (Å²) in [6.07, 6.45) is -3.01. The Morgan fingerprint density at radius 2 is 1.70 bits per heavy atom. The second-order valence-corrected chi connectivity index (χ2v) is 7.11. The fraction of sp³-hybridized carbons (Fsp3) is 0.722. The van der Waals surface area contributed by atoms with Crippen LogP contribution < -0.4 is 4.90 Å². The molecule has 2 saturated heterocycles. The van der Waals surface area contributed by atoms with E-state index in [1.54, 1.807) is 0 Å². The van der Waals surface area contributed by atoms with Crippen molar-refractivity contribution < 1.29 is 23.0 Å². The second kappa shape index (κ2) is 9.18. The number of hydrogen-bond acceptors (Lipinski definition) is 6. The normalized spacial score (nSPS) is 21.9. The average Bonchev–Trinajstić information content (AvgIpc) is 2.87. The Morgan fingerprint density at radius 3 is 2.33 bits per heavy atom. The van der Waals surface area contributed by atoms with Crippen LogP contribution in [0.4, 0.5) is 19.0 Å². The number of halogens is 3. The van der Waals surface area contributed by atoms with E-state index in [4.69, 9.17) is 4.74 Å². The lowest BCUT2D eigenvalue weighted by Gasteiger charge is -2.30. The van der Waals surface area contributed by atoms with E-state index in [-0.39, 0.29) is 0 Å². The molecule has 0 aliphatic carbocycles. The van der Waals surface area contributed by atoms with Gasteiger partial charge in [-0.15, -0.1) is 0 Å². The summed E-state index contributed by atoms with van der Waals surface area (Å²) in [6.45, 7) is 7.42. The number of pyridine rings is 1.